The molecule has 4 rings (SSSR count). The Labute approximate surface area is 185 Å². The van der Waals surface area contributed by atoms with Gasteiger partial charge in [0.15, 0.2) is 11.5 Å². The summed E-state index contributed by atoms with van der Waals surface area (Å²) in [6.07, 6.45) is 2.35. The molecule has 0 radical (unpaired) electrons. The Bertz CT molecular complexity index is 1050. The number of nitro groups is 1. The zero-order valence-corrected chi connectivity index (χ0v) is 17.7. The van der Waals surface area contributed by atoms with Gasteiger partial charge in [0, 0.05) is 30.7 Å². The number of amides is 1. The Morgan fingerprint density at radius 1 is 1.09 bits per heavy atom. The summed E-state index contributed by atoms with van der Waals surface area (Å²) >= 11 is 0. The van der Waals surface area contributed by atoms with Crippen molar-refractivity contribution in [1.82, 2.24) is 4.90 Å². The molecule has 0 aromatic heterocycles. The van der Waals surface area contributed by atoms with Crippen LogP contribution in [0.15, 0.2) is 36.4 Å². The number of carbonyl (C=O) groups is 2. The summed E-state index contributed by atoms with van der Waals surface area (Å²) in [5.41, 5.74) is 0.653. The van der Waals surface area contributed by atoms with Gasteiger partial charge >= 0.3 is 5.97 Å². The van der Waals surface area contributed by atoms with Crippen molar-refractivity contribution < 1.29 is 28.7 Å². The van der Waals surface area contributed by atoms with Gasteiger partial charge < -0.3 is 19.1 Å². The molecule has 2 heterocycles. The third kappa shape index (κ3) is 4.37. The van der Waals surface area contributed by atoms with Gasteiger partial charge in [0.1, 0.15) is 0 Å². The molecular weight excluding hydrogens is 416 g/mol. The first-order valence-electron chi connectivity index (χ1n) is 10.6. The molecule has 0 N–H and O–H groups in total. The summed E-state index contributed by atoms with van der Waals surface area (Å²) in [5.74, 6) is 0.263. The van der Waals surface area contributed by atoms with Crippen LogP contribution < -0.4 is 9.47 Å². The summed E-state index contributed by atoms with van der Waals surface area (Å²) in [5, 5.41) is 11.4. The van der Waals surface area contributed by atoms with Crippen molar-refractivity contribution in [3.05, 3.63) is 63.2 Å². The highest BCUT2D eigenvalue weighted by Crippen LogP contribution is 2.38. The Morgan fingerprint density at radius 3 is 2.59 bits per heavy atom. The van der Waals surface area contributed by atoms with E-state index in [0.717, 1.165) is 30.9 Å². The summed E-state index contributed by atoms with van der Waals surface area (Å²) < 4.78 is 16.4. The summed E-state index contributed by atoms with van der Waals surface area (Å²) in [4.78, 5) is 38.0. The first-order chi connectivity index (χ1) is 15.5. The fourth-order valence-corrected chi connectivity index (χ4v) is 4.08. The molecule has 0 bridgehead atoms. The highest BCUT2D eigenvalue weighted by atomic mass is 16.6. The second-order valence-electron chi connectivity index (χ2n) is 7.66. The number of hydrogen-bond donors (Lipinski definition) is 0. The van der Waals surface area contributed by atoms with Gasteiger partial charge in [-0.1, -0.05) is 6.07 Å². The number of hydrogen-bond acceptors (Lipinski definition) is 7. The van der Waals surface area contributed by atoms with Crippen LogP contribution in [0.4, 0.5) is 5.69 Å². The summed E-state index contributed by atoms with van der Waals surface area (Å²) in [7, 11) is 0. The first kappa shape index (κ1) is 21.6. The highest BCUT2D eigenvalue weighted by Gasteiger charge is 2.32. The van der Waals surface area contributed by atoms with E-state index in [-0.39, 0.29) is 35.4 Å². The lowest BCUT2D eigenvalue weighted by atomic mass is 10.0. The van der Waals surface area contributed by atoms with Crippen LogP contribution in [-0.4, -0.2) is 48.1 Å². The van der Waals surface area contributed by atoms with Gasteiger partial charge in [0.2, 0.25) is 0 Å². The summed E-state index contributed by atoms with van der Waals surface area (Å²) in [6, 6.07) is 9.15. The van der Waals surface area contributed by atoms with E-state index in [9.17, 15) is 19.7 Å². The molecule has 2 aromatic rings. The SMILES string of the molecule is CCOC(=O)c1cc(C(=O)N2CCCC2c2ccc3c(c2)OCCCO3)cc([N+](=O)[O-])c1. The van der Waals surface area contributed by atoms with Gasteiger partial charge in [-0.25, -0.2) is 4.79 Å². The van der Waals surface area contributed by atoms with Gasteiger partial charge in [-0.05, 0) is 43.5 Å². The topological polar surface area (TPSA) is 108 Å². The first-order valence-corrected chi connectivity index (χ1v) is 10.6. The molecule has 2 aliphatic rings. The van der Waals surface area contributed by atoms with E-state index in [4.69, 9.17) is 14.2 Å². The van der Waals surface area contributed by atoms with Gasteiger partial charge in [-0.2, -0.15) is 0 Å². The van der Waals surface area contributed by atoms with Crippen LogP contribution >= 0.6 is 0 Å². The number of non-ortho nitro benzene ring substituents is 1. The standard InChI is InChI=1S/C23H24N2O7/c1-2-30-23(27)17-11-16(12-18(13-17)25(28)29)22(26)24-8-3-5-19(24)15-6-7-20-21(14-15)32-10-4-9-31-20/h6-7,11-14,19H,2-5,8-10H2,1H3. The summed E-state index contributed by atoms with van der Waals surface area (Å²) in [6.45, 7) is 3.44. The lowest BCUT2D eigenvalue weighted by molar-refractivity contribution is -0.384. The average molecular weight is 440 g/mol. The van der Waals surface area contributed by atoms with Gasteiger partial charge in [0.05, 0.1) is 36.3 Å². The maximum absolute atomic E-state index is 13.4. The van der Waals surface area contributed by atoms with Gasteiger partial charge in [0.25, 0.3) is 11.6 Å². The Hall–Kier alpha value is -3.62. The van der Waals surface area contributed by atoms with Crippen molar-refractivity contribution in [2.45, 2.75) is 32.2 Å². The number of fused-ring (bicyclic) bond motifs is 1. The van der Waals surface area contributed by atoms with E-state index in [1.807, 2.05) is 18.2 Å². The molecule has 9 heteroatoms. The molecule has 9 nitrogen and oxygen atoms in total. The van der Waals surface area contributed by atoms with E-state index in [0.29, 0.717) is 31.3 Å². The van der Waals surface area contributed by atoms with Crippen LogP contribution in [0.3, 0.4) is 0 Å². The van der Waals surface area contributed by atoms with E-state index in [2.05, 4.69) is 0 Å². The minimum Gasteiger partial charge on any atom is -0.490 e. The van der Waals surface area contributed by atoms with Crippen molar-refractivity contribution in [2.24, 2.45) is 0 Å². The van der Waals surface area contributed by atoms with Crippen LogP contribution in [0.25, 0.3) is 0 Å². The molecule has 2 aliphatic heterocycles. The quantitative estimate of drug-likeness (QED) is 0.394. The smallest absolute Gasteiger partial charge is 0.338 e. The number of nitro benzene ring substituents is 1. The predicted molar refractivity (Wildman–Crippen MR) is 114 cm³/mol. The molecule has 168 valence electrons. The fraction of sp³-hybridized carbons (Fsp3) is 0.391. The van der Waals surface area contributed by atoms with E-state index >= 15 is 0 Å². The maximum Gasteiger partial charge on any atom is 0.338 e. The Balaban J connectivity index is 1.64. The zero-order chi connectivity index (χ0) is 22.7. The molecule has 1 amide bonds. The van der Waals surface area contributed by atoms with Crippen molar-refractivity contribution in [2.75, 3.05) is 26.4 Å². The number of rotatable bonds is 5. The molecule has 0 aliphatic carbocycles. The fourth-order valence-electron chi connectivity index (χ4n) is 4.08. The van der Waals surface area contributed by atoms with Crippen molar-refractivity contribution in [3.8, 4) is 11.5 Å². The van der Waals surface area contributed by atoms with Crippen LogP contribution in [0.5, 0.6) is 11.5 Å². The molecule has 1 unspecified atom stereocenters. The molecule has 0 spiro atoms. The predicted octanol–water partition coefficient (Wildman–Crippen LogP) is 3.91. The van der Waals surface area contributed by atoms with Gasteiger partial charge in [-0.3, -0.25) is 14.9 Å². The minimum absolute atomic E-state index is 0.0178. The molecule has 32 heavy (non-hydrogen) atoms. The maximum atomic E-state index is 13.4. The number of esters is 1. The highest BCUT2D eigenvalue weighted by molar-refractivity contribution is 5.99. The molecule has 1 atom stereocenters. The third-order valence-electron chi connectivity index (χ3n) is 5.56. The van der Waals surface area contributed by atoms with Crippen LogP contribution in [0.1, 0.15) is 58.5 Å². The molecule has 1 saturated heterocycles. The zero-order valence-electron chi connectivity index (χ0n) is 17.7. The second kappa shape index (κ2) is 9.25. The van der Waals surface area contributed by atoms with E-state index in [1.54, 1.807) is 11.8 Å². The van der Waals surface area contributed by atoms with Crippen LogP contribution in [0, 0.1) is 10.1 Å². The normalized spacial score (nSPS) is 17.5. The average Bonchev–Trinajstić information content (AvgIpc) is 3.16. The van der Waals surface area contributed by atoms with Crippen LogP contribution in [0.2, 0.25) is 0 Å². The Morgan fingerprint density at radius 2 is 1.84 bits per heavy atom. The van der Waals surface area contributed by atoms with E-state index < -0.39 is 10.9 Å². The number of carbonyl (C=O) groups excluding carboxylic acids is 2. The largest absolute Gasteiger partial charge is 0.490 e. The van der Waals surface area contributed by atoms with Crippen LogP contribution in [-0.2, 0) is 4.74 Å². The van der Waals surface area contributed by atoms with Gasteiger partial charge in [-0.15, -0.1) is 0 Å². The molecule has 1 fully saturated rings. The van der Waals surface area contributed by atoms with Crippen molar-refractivity contribution in [3.63, 3.8) is 0 Å². The number of nitrogens with zero attached hydrogens (tertiary/aromatic N) is 2. The number of benzene rings is 2. The number of ether oxygens (including phenoxy) is 3. The van der Waals surface area contributed by atoms with E-state index in [1.165, 1.54) is 12.1 Å². The number of likely N-dealkylation sites (tertiary alicyclic amines) is 1. The molecule has 2 aromatic carbocycles. The third-order valence-corrected chi connectivity index (χ3v) is 5.56. The lowest BCUT2D eigenvalue weighted by Crippen LogP contribution is -2.30. The molecular formula is C23H24N2O7. The Kier molecular flexibility index (Phi) is 6.25. The second-order valence-corrected chi connectivity index (χ2v) is 7.66. The molecule has 0 saturated carbocycles. The monoisotopic (exact) mass is 440 g/mol. The minimum atomic E-state index is -0.703. The lowest BCUT2D eigenvalue weighted by Gasteiger charge is -2.26. The van der Waals surface area contributed by atoms with Crippen molar-refractivity contribution in [1.29, 1.82) is 0 Å². The van der Waals surface area contributed by atoms with Crippen molar-refractivity contribution >= 4 is 17.6 Å².